The van der Waals surface area contributed by atoms with Gasteiger partial charge in [0.25, 0.3) is 0 Å². The molecule has 0 radical (unpaired) electrons. The van der Waals surface area contributed by atoms with E-state index >= 15 is 0 Å². The van der Waals surface area contributed by atoms with Gasteiger partial charge in [-0.15, -0.1) is 0 Å². The molecular weight excluding hydrogens is 331 g/mol. The highest BCUT2D eigenvalue weighted by Gasteiger charge is 2.28. The number of benzene rings is 1. The molecule has 0 aromatic heterocycles. The van der Waals surface area contributed by atoms with Gasteiger partial charge in [-0.1, -0.05) is 0 Å². The lowest BCUT2D eigenvalue weighted by molar-refractivity contribution is -0.143. The Hall–Kier alpha value is -2.51. The number of nitrogens with one attached hydrogen (secondary N) is 1. The van der Waals surface area contributed by atoms with E-state index in [-0.39, 0.29) is 17.3 Å². The average molecular weight is 354 g/mol. The Labute approximate surface area is 145 Å². The maximum atomic E-state index is 14.3. The zero-order valence-corrected chi connectivity index (χ0v) is 14.5. The number of ether oxygens (including phenoxy) is 2. The first-order valence-corrected chi connectivity index (χ1v) is 8.07. The molecular formula is C17H23FN2O5. The number of urea groups is 1. The summed E-state index contributed by atoms with van der Waals surface area (Å²) < 4.78 is 24.5. The number of carbonyl (C=O) groups is 2. The number of rotatable bonds is 5. The van der Waals surface area contributed by atoms with Crippen molar-refractivity contribution in [2.45, 2.75) is 25.8 Å². The average Bonchev–Trinajstić information content (AvgIpc) is 2.61. The fourth-order valence-corrected chi connectivity index (χ4v) is 2.89. The summed E-state index contributed by atoms with van der Waals surface area (Å²) in [6.07, 6.45) is 0.837. The predicted molar refractivity (Wildman–Crippen MR) is 88.4 cm³/mol. The Morgan fingerprint density at radius 2 is 1.80 bits per heavy atom. The second-order valence-electron chi connectivity index (χ2n) is 6.00. The maximum Gasteiger partial charge on any atom is 0.317 e. The summed E-state index contributed by atoms with van der Waals surface area (Å²) in [4.78, 5) is 24.8. The molecule has 1 saturated heterocycles. The maximum absolute atomic E-state index is 14.3. The van der Waals surface area contributed by atoms with Crippen molar-refractivity contribution in [2.24, 2.45) is 5.92 Å². The molecule has 7 nitrogen and oxygen atoms in total. The first kappa shape index (κ1) is 18.8. The van der Waals surface area contributed by atoms with E-state index in [1.165, 1.54) is 26.4 Å². The van der Waals surface area contributed by atoms with Crippen molar-refractivity contribution in [3.05, 3.63) is 23.5 Å². The van der Waals surface area contributed by atoms with Crippen molar-refractivity contribution in [3.63, 3.8) is 0 Å². The highest BCUT2D eigenvalue weighted by molar-refractivity contribution is 5.76. The molecule has 2 rings (SSSR count). The number of amides is 2. The number of methoxy groups -OCH3 is 2. The standard InChI is InChI=1S/C17H23FN2O5/c1-10(12-8-14(24-2)15(25-3)9-13(12)18)19-17(23)20-6-4-11(5-7-20)16(21)22/h8-11H,4-7H2,1-3H3,(H,19,23)(H,21,22). The van der Waals surface area contributed by atoms with Crippen molar-refractivity contribution in [3.8, 4) is 11.5 Å². The van der Waals surface area contributed by atoms with E-state index in [1.807, 2.05) is 0 Å². The van der Waals surface area contributed by atoms with Crippen LogP contribution in [0.5, 0.6) is 11.5 Å². The van der Waals surface area contributed by atoms with Crippen LogP contribution < -0.4 is 14.8 Å². The van der Waals surface area contributed by atoms with Gasteiger partial charge in [-0.25, -0.2) is 9.18 Å². The monoisotopic (exact) mass is 354 g/mol. The Morgan fingerprint density at radius 3 is 2.32 bits per heavy atom. The zero-order chi connectivity index (χ0) is 18.6. The Kier molecular flexibility index (Phi) is 6.06. The fourth-order valence-electron chi connectivity index (χ4n) is 2.89. The van der Waals surface area contributed by atoms with E-state index in [4.69, 9.17) is 14.6 Å². The van der Waals surface area contributed by atoms with Crippen LogP contribution in [-0.4, -0.2) is 49.3 Å². The van der Waals surface area contributed by atoms with Crippen LogP contribution >= 0.6 is 0 Å². The molecule has 1 atom stereocenters. The van der Waals surface area contributed by atoms with Crippen LogP contribution in [0.4, 0.5) is 9.18 Å². The topological polar surface area (TPSA) is 88.1 Å². The minimum atomic E-state index is -0.833. The number of likely N-dealkylation sites (tertiary alicyclic amines) is 1. The Morgan fingerprint density at radius 1 is 1.24 bits per heavy atom. The third-order valence-corrected chi connectivity index (χ3v) is 4.44. The van der Waals surface area contributed by atoms with Crippen molar-refractivity contribution >= 4 is 12.0 Å². The minimum absolute atomic E-state index is 0.276. The van der Waals surface area contributed by atoms with Gasteiger partial charge in [-0.2, -0.15) is 0 Å². The van der Waals surface area contributed by atoms with Gasteiger partial charge in [-0.05, 0) is 25.8 Å². The fraction of sp³-hybridized carbons (Fsp3) is 0.529. The van der Waals surface area contributed by atoms with Crippen LogP contribution in [0.1, 0.15) is 31.4 Å². The second kappa shape index (κ2) is 8.04. The summed E-state index contributed by atoms with van der Waals surface area (Å²) >= 11 is 0. The van der Waals surface area contributed by atoms with Crippen LogP contribution in [-0.2, 0) is 4.79 Å². The number of piperidine rings is 1. The van der Waals surface area contributed by atoms with Crippen LogP contribution in [0.25, 0.3) is 0 Å². The summed E-state index contributed by atoms with van der Waals surface area (Å²) in [6.45, 7) is 2.40. The molecule has 1 fully saturated rings. The van der Waals surface area contributed by atoms with E-state index in [9.17, 15) is 14.0 Å². The number of hydrogen-bond donors (Lipinski definition) is 2. The summed E-state index contributed by atoms with van der Waals surface area (Å²) in [5.41, 5.74) is 0.284. The van der Waals surface area contributed by atoms with Crippen LogP contribution in [0.3, 0.4) is 0 Å². The number of aliphatic carboxylic acids is 1. The quantitative estimate of drug-likeness (QED) is 0.848. The molecule has 2 amide bonds. The summed E-state index contributed by atoms with van der Waals surface area (Å²) in [6, 6.07) is 1.79. The van der Waals surface area contributed by atoms with Gasteiger partial charge in [0.2, 0.25) is 0 Å². The number of carboxylic acid groups (broad SMARTS) is 1. The van der Waals surface area contributed by atoms with Crippen molar-refractivity contribution < 1.29 is 28.6 Å². The highest BCUT2D eigenvalue weighted by atomic mass is 19.1. The molecule has 138 valence electrons. The van der Waals surface area contributed by atoms with E-state index in [2.05, 4.69) is 5.32 Å². The molecule has 1 aliphatic rings. The molecule has 1 unspecified atom stereocenters. The molecule has 1 aliphatic heterocycles. The molecule has 0 bridgehead atoms. The van der Waals surface area contributed by atoms with Crippen LogP contribution in [0, 0.1) is 11.7 Å². The molecule has 0 spiro atoms. The van der Waals surface area contributed by atoms with Gasteiger partial charge in [-0.3, -0.25) is 4.79 Å². The molecule has 25 heavy (non-hydrogen) atoms. The van der Waals surface area contributed by atoms with Crippen molar-refractivity contribution in [1.82, 2.24) is 10.2 Å². The van der Waals surface area contributed by atoms with Gasteiger partial charge >= 0.3 is 12.0 Å². The van der Waals surface area contributed by atoms with Gasteiger partial charge < -0.3 is 24.8 Å². The molecule has 2 N–H and O–H groups in total. The first-order chi connectivity index (χ1) is 11.9. The van der Waals surface area contributed by atoms with Crippen molar-refractivity contribution in [2.75, 3.05) is 27.3 Å². The number of hydrogen-bond acceptors (Lipinski definition) is 4. The first-order valence-electron chi connectivity index (χ1n) is 8.07. The summed E-state index contributed by atoms with van der Waals surface area (Å²) in [5.74, 6) is -1.10. The molecule has 1 aromatic rings. The SMILES string of the molecule is COc1cc(F)c(C(C)NC(=O)N2CCC(C(=O)O)CC2)cc1OC. The van der Waals surface area contributed by atoms with E-state index < -0.39 is 23.7 Å². The second-order valence-corrected chi connectivity index (χ2v) is 6.00. The number of halogens is 1. The minimum Gasteiger partial charge on any atom is -0.493 e. The number of carbonyl (C=O) groups excluding carboxylic acids is 1. The smallest absolute Gasteiger partial charge is 0.317 e. The molecule has 1 heterocycles. The Balaban J connectivity index is 2.03. The lowest BCUT2D eigenvalue weighted by Gasteiger charge is -2.31. The van der Waals surface area contributed by atoms with E-state index in [1.54, 1.807) is 11.8 Å². The number of nitrogens with zero attached hydrogens (tertiary/aromatic N) is 1. The molecule has 1 aromatic carbocycles. The van der Waals surface area contributed by atoms with Gasteiger partial charge in [0, 0.05) is 24.7 Å². The third kappa shape index (κ3) is 4.32. The number of carboxylic acids is 1. The largest absolute Gasteiger partial charge is 0.493 e. The van der Waals surface area contributed by atoms with E-state index in [0.29, 0.717) is 31.7 Å². The molecule has 0 aliphatic carbocycles. The zero-order valence-electron chi connectivity index (χ0n) is 14.5. The van der Waals surface area contributed by atoms with Gasteiger partial charge in [0.1, 0.15) is 5.82 Å². The Bertz CT molecular complexity index is 644. The molecule has 8 heteroatoms. The summed E-state index contributed by atoms with van der Waals surface area (Å²) in [5, 5.41) is 11.7. The van der Waals surface area contributed by atoms with Crippen molar-refractivity contribution in [1.29, 1.82) is 0 Å². The van der Waals surface area contributed by atoms with Gasteiger partial charge in [0.05, 0.1) is 26.2 Å². The molecule has 0 saturated carbocycles. The normalized spacial score (nSPS) is 16.2. The highest BCUT2D eigenvalue weighted by Crippen LogP contribution is 2.32. The van der Waals surface area contributed by atoms with Crippen LogP contribution in [0.15, 0.2) is 12.1 Å². The lowest BCUT2D eigenvalue weighted by Crippen LogP contribution is -2.46. The lowest BCUT2D eigenvalue weighted by atomic mass is 9.97. The van der Waals surface area contributed by atoms with Gasteiger partial charge in [0.15, 0.2) is 11.5 Å². The predicted octanol–water partition coefficient (Wildman–Crippen LogP) is 2.41. The van der Waals surface area contributed by atoms with E-state index in [0.717, 1.165) is 0 Å². The summed E-state index contributed by atoms with van der Waals surface area (Å²) in [7, 11) is 2.87. The van der Waals surface area contributed by atoms with Crippen LogP contribution in [0.2, 0.25) is 0 Å². The third-order valence-electron chi connectivity index (χ3n) is 4.44.